The van der Waals surface area contributed by atoms with E-state index in [0.717, 1.165) is 14.8 Å². The maximum Gasteiger partial charge on any atom is 0.275 e. The number of amides is 1. The van der Waals surface area contributed by atoms with Gasteiger partial charge >= 0.3 is 0 Å². The van der Waals surface area contributed by atoms with Gasteiger partial charge in [0.1, 0.15) is 0 Å². The molecule has 1 amide bonds. The monoisotopic (exact) mass is 421 g/mol. The second kappa shape index (κ2) is 6.53. The number of hydrogen-bond donors (Lipinski definition) is 0. The summed E-state index contributed by atoms with van der Waals surface area (Å²) in [6, 6.07) is 9.87. The van der Waals surface area contributed by atoms with E-state index in [0.29, 0.717) is 12.2 Å². The average molecular weight is 421 g/mol. The Morgan fingerprint density at radius 1 is 1.30 bits per heavy atom. The van der Waals surface area contributed by atoms with Crippen molar-refractivity contribution in [2.45, 2.75) is 6.54 Å². The van der Waals surface area contributed by atoms with Crippen LogP contribution in [0.1, 0.15) is 16.1 Å². The van der Waals surface area contributed by atoms with Crippen LogP contribution >= 0.6 is 22.6 Å². The summed E-state index contributed by atoms with van der Waals surface area (Å²) < 4.78 is 4.31. The molecule has 3 aromatic rings. The average Bonchev–Trinajstić information content (AvgIpc) is 3.17. The Kier molecular flexibility index (Phi) is 4.46. The topological polar surface area (TPSA) is 56.0 Å². The number of hydrogen-bond acceptors (Lipinski definition) is 3. The van der Waals surface area contributed by atoms with E-state index in [1.165, 1.54) is 0 Å². The van der Waals surface area contributed by atoms with Crippen LogP contribution in [0.3, 0.4) is 0 Å². The van der Waals surface area contributed by atoms with E-state index in [-0.39, 0.29) is 5.91 Å². The molecule has 6 nitrogen and oxygen atoms in total. The molecule has 2 aromatic heterocycles. The molecule has 2 heterocycles. The predicted molar refractivity (Wildman–Crippen MR) is 95.3 cm³/mol. The Morgan fingerprint density at radius 3 is 2.61 bits per heavy atom. The van der Waals surface area contributed by atoms with Gasteiger partial charge in [0.05, 0.1) is 9.26 Å². The lowest BCUT2D eigenvalue weighted by Crippen LogP contribution is -2.27. The summed E-state index contributed by atoms with van der Waals surface area (Å²) in [5.41, 5.74) is 2.54. The number of halogens is 1. The van der Waals surface area contributed by atoms with E-state index in [9.17, 15) is 4.79 Å². The van der Waals surface area contributed by atoms with E-state index in [2.05, 4.69) is 32.8 Å². The molecule has 0 fully saturated rings. The molecule has 0 unspecified atom stereocenters. The van der Waals surface area contributed by atoms with Gasteiger partial charge in [0.2, 0.25) is 0 Å². The van der Waals surface area contributed by atoms with Crippen molar-refractivity contribution in [1.82, 2.24) is 24.5 Å². The van der Waals surface area contributed by atoms with Gasteiger partial charge in [-0.05, 0) is 46.4 Å². The van der Waals surface area contributed by atoms with E-state index >= 15 is 0 Å². The van der Waals surface area contributed by atoms with Crippen molar-refractivity contribution in [2.24, 2.45) is 7.05 Å². The molecule has 7 heteroatoms. The van der Waals surface area contributed by atoms with Gasteiger partial charge in [-0.25, -0.2) is 4.68 Å². The summed E-state index contributed by atoms with van der Waals surface area (Å²) in [5, 5.41) is 8.42. The zero-order chi connectivity index (χ0) is 16.4. The first-order chi connectivity index (χ1) is 11.0. The predicted octanol–water partition coefficient (Wildman–Crippen LogP) is 2.48. The summed E-state index contributed by atoms with van der Waals surface area (Å²) in [6.45, 7) is 0.533. The lowest BCUT2D eigenvalue weighted by molar-refractivity contribution is 0.0777. The fourth-order valence-corrected chi connectivity index (χ4v) is 3.05. The third kappa shape index (κ3) is 3.44. The van der Waals surface area contributed by atoms with Gasteiger partial charge in [-0.1, -0.05) is 12.1 Å². The molecule has 0 radical (unpaired) electrons. The molecule has 0 aliphatic heterocycles. The van der Waals surface area contributed by atoms with Crippen LogP contribution in [0, 0.1) is 3.57 Å². The highest BCUT2D eigenvalue weighted by atomic mass is 127. The molecule has 0 aliphatic rings. The minimum Gasteiger partial charge on any atom is -0.336 e. The van der Waals surface area contributed by atoms with Gasteiger partial charge in [0, 0.05) is 39.2 Å². The van der Waals surface area contributed by atoms with E-state index in [4.69, 9.17) is 0 Å². The third-order valence-electron chi connectivity index (χ3n) is 3.46. The van der Waals surface area contributed by atoms with Crippen LogP contribution in [0.5, 0.6) is 0 Å². The molecule has 0 N–H and O–H groups in total. The maximum absolute atomic E-state index is 12.5. The quantitative estimate of drug-likeness (QED) is 0.609. The maximum atomic E-state index is 12.5. The highest BCUT2D eigenvalue weighted by Gasteiger charge is 2.18. The number of benzene rings is 1. The summed E-state index contributed by atoms with van der Waals surface area (Å²) in [4.78, 5) is 14.1. The highest BCUT2D eigenvalue weighted by Crippen LogP contribution is 2.14. The molecule has 118 valence electrons. The first kappa shape index (κ1) is 15.7. The van der Waals surface area contributed by atoms with Crippen molar-refractivity contribution in [3.8, 4) is 5.69 Å². The number of rotatable bonds is 4. The zero-order valence-corrected chi connectivity index (χ0v) is 15.0. The number of nitrogens with zero attached hydrogens (tertiary/aromatic N) is 5. The largest absolute Gasteiger partial charge is 0.336 e. The lowest BCUT2D eigenvalue weighted by Gasteiger charge is -2.16. The molecule has 0 aliphatic carbocycles. The SMILES string of the molecule is CN(Cc1ccc(-n2cccn2)cc1)C(=O)c1nn(C)cc1I. The van der Waals surface area contributed by atoms with Crippen LogP contribution in [0.4, 0.5) is 0 Å². The van der Waals surface area contributed by atoms with Gasteiger partial charge < -0.3 is 4.90 Å². The molecule has 23 heavy (non-hydrogen) atoms. The Bertz CT molecular complexity index is 808. The fraction of sp³-hybridized carbons (Fsp3) is 0.188. The Hall–Kier alpha value is -2.16. The molecule has 0 saturated carbocycles. The van der Waals surface area contributed by atoms with Crippen LogP contribution in [0.25, 0.3) is 5.69 Å². The van der Waals surface area contributed by atoms with Gasteiger partial charge in [0.25, 0.3) is 5.91 Å². The van der Waals surface area contributed by atoms with Crippen LogP contribution in [0.2, 0.25) is 0 Å². The number of carbonyl (C=O) groups excluding carboxylic acids is 1. The smallest absolute Gasteiger partial charge is 0.275 e. The molecule has 0 bridgehead atoms. The highest BCUT2D eigenvalue weighted by molar-refractivity contribution is 14.1. The number of carbonyl (C=O) groups is 1. The van der Waals surface area contributed by atoms with Crippen LogP contribution < -0.4 is 0 Å². The number of aromatic nitrogens is 4. The standard InChI is InChI=1S/C16H16IN5O/c1-20(16(23)15-14(17)11-21(2)19-15)10-12-4-6-13(7-5-12)22-9-3-8-18-22/h3-9,11H,10H2,1-2H3. The first-order valence-electron chi connectivity index (χ1n) is 7.08. The zero-order valence-electron chi connectivity index (χ0n) is 12.8. The third-order valence-corrected chi connectivity index (χ3v) is 4.25. The first-order valence-corrected chi connectivity index (χ1v) is 8.16. The van der Waals surface area contributed by atoms with Crippen molar-refractivity contribution < 1.29 is 4.79 Å². The number of aryl methyl sites for hydroxylation is 1. The second-order valence-corrected chi connectivity index (χ2v) is 6.44. The van der Waals surface area contributed by atoms with Crippen molar-refractivity contribution >= 4 is 28.5 Å². The van der Waals surface area contributed by atoms with Crippen LogP contribution in [-0.4, -0.2) is 37.4 Å². The molecule has 1 aromatic carbocycles. The van der Waals surface area contributed by atoms with Crippen molar-refractivity contribution in [3.63, 3.8) is 0 Å². The minimum atomic E-state index is -0.0776. The molecule has 0 saturated heterocycles. The normalized spacial score (nSPS) is 10.7. The van der Waals surface area contributed by atoms with Gasteiger partial charge in [-0.15, -0.1) is 0 Å². The molecular weight excluding hydrogens is 405 g/mol. The Balaban J connectivity index is 1.71. The van der Waals surface area contributed by atoms with Crippen LogP contribution in [-0.2, 0) is 13.6 Å². The fourth-order valence-electron chi connectivity index (χ4n) is 2.31. The summed E-state index contributed by atoms with van der Waals surface area (Å²) >= 11 is 2.13. The van der Waals surface area contributed by atoms with Crippen molar-refractivity contribution in [2.75, 3.05) is 7.05 Å². The lowest BCUT2D eigenvalue weighted by atomic mass is 10.2. The summed E-state index contributed by atoms with van der Waals surface area (Å²) in [5.74, 6) is -0.0776. The van der Waals surface area contributed by atoms with Gasteiger partial charge in [-0.3, -0.25) is 9.48 Å². The van der Waals surface area contributed by atoms with Crippen molar-refractivity contribution in [3.05, 3.63) is 63.7 Å². The second-order valence-electron chi connectivity index (χ2n) is 5.28. The Labute approximate surface area is 147 Å². The summed E-state index contributed by atoms with van der Waals surface area (Å²) in [7, 11) is 3.60. The molecule has 0 atom stereocenters. The van der Waals surface area contributed by atoms with Crippen molar-refractivity contribution in [1.29, 1.82) is 0 Å². The van der Waals surface area contributed by atoms with Gasteiger partial charge in [-0.2, -0.15) is 10.2 Å². The summed E-state index contributed by atoms with van der Waals surface area (Å²) in [6.07, 6.45) is 5.48. The van der Waals surface area contributed by atoms with E-state index in [1.807, 2.05) is 49.8 Å². The minimum absolute atomic E-state index is 0.0776. The van der Waals surface area contributed by atoms with Crippen LogP contribution in [0.15, 0.2) is 48.9 Å². The van der Waals surface area contributed by atoms with E-state index < -0.39 is 0 Å². The van der Waals surface area contributed by atoms with E-state index in [1.54, 1.807) is 27.5 Å². The Morgan fingerprint density at radius 2 is 2.04 bits per heavy atom. The molecule has 3 rings (SSSR count). The molecular formula is C16H16IN5O. The molecule has 0 spiro atoms. The van der Waals surface area contributed by atoms with Gasteiger partial charge in [0.15, 0.2) is 5.69 Å².